The molecule has 1 aromatic carbocycles. The van der Waals surface area contributed by atoms with Gasteiger partial charge in [-0.05, 0) is 18.2 Å². The fourth-order valence-corrected chi connectivity index (χ4v) is 4.92. The minimum absolute atomic E-state index is 0.0189. The highest BCUT2D eigenvalue weighted by molar-refractivity contribution is 8.19. The van der Waals surface area contributed by atoms with E-state index in [4.69, 9.17) is 19.9 Å². The molecule has 0 radical (unpaired) electrons. The van der Waals surface area contributed by atoms with Crippen molar-refractivity contribution >= 4 is 29.3 Å². The lowest BCUT2D eigenvalue weighted by Gasteiger charge is -2.15. The molecule has 0 amide bonds. The highest BCUT2D eigenvalue weighted by Gasteiger charge is 2.30. The van der Waals surface area contributed by atoms with Gasteiger partial charge in [-0.15, -0.1) is 0 Å². The van der Waals surface area contributed by atoms with Crippen molar-refractivity contribution in [1.82, 2.24) is 9.55 Å². The SMILES string of the molecule is Nc1ccn(C2COC(COC3Sc4ccccc4S3)O2)c(=O)n1. The van der Waals surface area contributed by atoms with Gasteiger partial charge >= 0.3 is 5.69 Å². The summed E-state index contributed by atoms with van der Waals surface area (Å²) in [5.41, 5.74) is 5.03. The zero-order chi connectivity index (χ0) is 16.5. The lowest BCUT2D eigenvalue weighted by Crippen LogP contribution is -2.29. The van der Waals surface area contributed by atoms with Crippen LogP contribution in [0.25, 0.3) is 0 Å². The van der Waals surface area contributed by atoms with Crippen molar-refractivity contribution in [1.29, 1.82) is 0 Å². The van der Waals surface area contributed by atoms with Gasteiger partial charge in [0.1, 0.15) is 12.4 Å². The molecule has 1 saturated heterocycles. The standard InChI is InChI=1S/C15H15N3O4S2/c16-11-5-6-18(14(19)17-11)12-7-20-13(22-12)8-21-15-23-9-3-1-2-4-10(9)24-15/h1-6,12-13,15H,7-8H2,(H2,16,17,19). The van der Waals surface area contributed by atoms with E-state index in [1.165, 1.54) is 14.4 Å². The van der Waals surface area contributed by atoms with E-state index in [-0.39, 0.29) is 17.2 Å². The average Bonchev–Trinajstić information content (AvgIpc) is 3.19. The van der Waals surface area contributed by atoms with Gasteiger partial charge in [0, 0.05) is 16.0 Å². The van der Waals surface area contributed by atoms with Gasteiger partial charge in [-0.3, -0.25) is 4.57 Å². The maximum absolute atomic E-state index is 11.8. The van der Waals surface area contributed by atoms with E-state index >= 15 is 0 Å². The van der Waals surface area contributed by atoms with E-state index in [9.17, 15) is 4.79 Å². The van der Waals surface area contributed by atoms with E-state index in [1.54, 1.807) is 35.8 Å². The molecule has 4 rings (SSSR count). The Kier molecular flexibility index (Phi) is 4.51. The molecule has 2 aromatic rings. The second-order valence-corrected chi connectivity index (χ2v) is 7.71. The molecular formula is C15H15N3O4S2. The molecule has 0 bridgehead atoms. The monoisotopic (exact) mass is 365 g/mol. The molecule has 1 fully saturated rings. The second-order valence-electron chi connectivity index (χ2n) is 5.20. The molecule has 1 aromatic heterocycles. The van der Waals surface area contributed by atoms with Crippen LogP contribution in [-0.4, -0.2) is 33.8 Å². The van der Waals surface area contributed by atoms with Crippen LogP contribution in [0.3, 0.4) is 0 Å². The predicted molar refractivity (Wildman–Crippen MR) is 90.7 cm³/mol. The van der Waals surface area contributed by atoms with Gasteiger partial charge < -0.3 is 19.9 Å². The van der Waals surface area contributed by atoms with Crippen molar-refractivity contribution in [3.63, 3.8) is 0 Å². The second kappa shape index (κ2) is 6.77. The summed E-state index contributed by atoms with van der Waals surface area (Å²) in [6.45, 7) is 0.566. The zero-order valence-corrected chi connectivity index (χ0v) is 14.2. The van der Waals surface area contributed by atoms with Crippen LogP contribution in [0.5, 0.6) is 0 Å². The van der Waals surface area contributed by atoms with Crippen LogP contribution in [0.2, 0.25) is 0 Å². The van der Waals surface area contributed by atoms with Gasteiger partial charge in [0.05, 0.1) is 6.61 Å². The Hall–Kier alpha value is -1.52. The topological polar surface area (TPSA) is 88.6 Å². The molecule has 2 aliphatic heterocycles. The summed E-state index contributed by atoms with van der Waals surface area (Å²) >= 11 is 3.34. The highest BCUT2D eigenvalue weighted by Crippen LogP contribution is 2.48. The van der Waals surface area contributed by atoms with E-state index < -0.39 is 18.2 Å². The molecule has 2 N–H and O–H groups in total. The predicted octanol–water partition coefficient (Wildman–Crippen LogP) is 1.90. The largest absolute Gasteiger partial charge is 0.383 e. The quantitative estimate of drug-likeness (QED) is 0.879. The van der Waals surface area contributed by atoms with Gasteiger partial charge in [0.25, 0.3) is 0 Å². The van der Waals surface area contributed by atoms with Crippen LogP contribution >= 0.6 is 23.5 Å². The maximum atomic E-state index is 11.8. The van der Waals surface area contributed by atoms with Crippen molar-refractivity contribution in [3.05, 3.63) is 47.0 Å². The van der Waals surface area contributed by atoms with Crippen molar-refractivity contribution in [2.24, 2.45) is 0 Å². The molecule has 0 spiro atoms. The molecule has 0 saturated carbocycles. The summed E-state index contributed by atoms with van der Waals surface area (Å²) in [4.78, 5) is 18.0. The van der Waals surface area contributed by atoms with Crippen molar-refractivity contribution in [2.75, 3.05) is 18.9 Å². The summed E-state index contributed by atoms with van der Waals surface area (Å²) in [7, 11) is 0. The lowest BCUT2D eigenvalue weighted by molar-refractivity contribution is -0.112. The first-order chi connectivity index (χ1) is 11.7. The van der Waals surface area contributed by atoms with E-state index in [0.29, 0.717) is 6.61 Å². The van der Waals surface area contributed by atoms with Crippen LogP contribution in [0.1, 0.15) is 6.23 Å². The number of fused-ring (bicyclic) bond motifs is 1. The summed E-state index contributed by atoms with van der Waals surface area (Å²) < 4.78 is 18.5. The number of nitrogens with two attached hydrogens (primary N) is 1. The molecule has 24 heavy (non-hydrogen) atoms. The first-order valence-electron chi connectivity index (χ1n) is 7.35. The van der Waals surface area contributed by atoms with Crippen molar-refractivity contribution in [3.8, 4) is 0 Å². The minimum Gasteiger partial charge on any atom is -0.383 e. The normalized spacial score (nSPS) is 23.5. The van der Waals surface area contributed by atoms with Gasteiger partial charge in [-0.25, -0.2) is 4.79 Å². The number of anilines is 1. The fraction of sp³-hybridized carbons (Fsp3) is 0.333. The third-order valence-corrected chi connectivity index (χ3v) is 6.14. The summed E-state index contributed by atoms with van der Waals surface area (Å²) in [6.07, 6.45) is 0.533. The van der Waals surface area contributed by atoms with Crippen LogP contribution in [0, 0.1) is 0 Å². The van der Waals surface area contributed by atoms with Crippen LogP contribution < -0.4 is 11.4 Å². The number of nitrogen functional groups attached to an aromatic ring is 1. The van der Waals surface area contributed by atoms with Crippen molar-refractivity contribution in [2.45, 2.75) is 27.1 Å². The number of thioether (sulfide) groups is 2. The Labute approximate surface area is 146 Å². The minimum atomic E-state index is -0.514. The van der Waals surface area contributed by atoms with E-state index in [2.05, 4.69) is 17.1 Å². The molecule has 2 unspecified atom stereocenters. The number of hydrogen-bond donors (Lipinski definition) is 1. The molecule has 7 nitrogen and oxygen atoms in total. The fourth-order valence-electron chi connectivity index (χ4n) is 2.42. The maximum Gasteiger partial charge on any atom is 0.351 e. The lowest BCUT2D eigenvalue weighted by atomic mass is 10.4. The molecule has 0 aliphatic carbocycles. The molecule has 2 atom stereocenters. The van der Waals surface area contributed by atoms with Crippen LogP contribution in [0.15, 0.2) is 51.1 Å². The third kappa shape index (κ3) is 3.31. The Morgan fingerprint density at radius 3 is 2.75 bits per heavy atom. The zero-order valence-electron chi connectivity index (χ0n) is 12.5. The third-order valence-electron chi connectivity index (χ3n) is 3.56. The molecule has 2 aliphatic rings. The summed E-state index contributed by atoms with van der Waals surface area (Å²) in [6, 6.07) is 9.74. The smallest absolute Gasteiger partial charge is 0.351 e. The Morgan fingerprint density at radius 2 is 2.04 bits per heavy atom. The first-order valence-corrected chi connectivity index (χ1v) is 9.10. The number of aromatic nitrogens is 2. The number of ether oxygens (including phenoxy) is 3. The first kappa shape index (κ1) is 16.0. The van der Waals surface area contributed by atoms with Crippen molar-refractivity contribution < 1.29 is 14.2 Å². The summed E-state index contributed by atoms with van der Waals surface area (Å²) in [5.74, 6) is 0.185. The average molecular weight is 365 g/mol. The van der Waals surface area contributed by atoms with E-state index in [0.717, 1.165) is 0 Å². The Bertz CT molecular complexity index is 775. The Morgan fingerprint density at radius 1 is 1.29 bits per heavy atom. The number of rotatable bonds is 4. The van der Waals surface area contributed by atoms with Crippen LogP contribution in [-0.2, 0) is 14.2 Å². The van der Waals surface area contributed by atoms with Gasteiger partial charge in [-0.2, -0.15) is 4.98 Å². The molecule has 9 heteroatoms. The number of nitrogens with zero attached hydrogens (tertiary/aromatic N) is 2. The number of benzene rings is 1. The van der Waals surface area contributed by atoms with Gasteiger partial charge in [0.2, 0.25) is 0 Å². The van der Waals surface area contributed by atoms with Crippen LogP contribution in [0.4, 0.5) is 5.82 Å². The Balaban J connectivity index is 1.31. The van der Waals surface area contributed by atoms with Gasteiger partial charge in [0.15, 0.2) is 17.3 Å². The van der Waals surface area contributed by atoms with Gasteiger partial charge in [-0.1, -0.05) is 35.7 Å². The summed E-state index contributed by atoms with van der Waals surface area (Å²) in [5, 5.41) is 0. The van der Waals surface area contributed by atoms with E-state index in [1.807, 2.05) is 12.1 Å². The molecule has 3 heterocycles. The number of hydrogen-bond acceptors (Lipinski definition) is 8. The molecular weight excluding hydrogens is 350 g/mol. The molecule has 126 valence electrons. The highest BCUT2D eigenvalue weighted by atomic mass is 32.2.